The summed E-state index contributed by atoms with van der Waals surface area (Å²) in [5, 5.41) is 5.10. The molecule has 2 heteroatoms. The van der Waals surface area contributed by atoms with Gasteiger partial charge in [-0.25, -0.2) is 0 Å². The molecule has 1 N–H and O–H groups in total. The van der Waals surface area contributed by atoms with Gasteiger partial charge in [-0.1, -0.05) is 72.8 Å². The molecule has 5 aromatic carbocycles. The molecule has 0 unspecified atom stereocenters. The van der Waals surface area contributed by atoms with Crippen LogP contribution in [0.5, 0.6) is 0 Å². The maximum absolute atomic E-state index is 3.58. The third kappa shape index (κ3) is 2.47. The van der Waals surface area contributed by atoms with Crippen molar-refractivity contribution in [2.24, 2.45) is 0 Å². The first kappa shape index (κ1) is 17.4. The van der Waals surface area contributed by atoms with E-state index in [-0.39, 0.29) is 0 Å². The van der Waals surface area contributed by atoms with Crippen LogP contribution >= 0.6 is 0 Å². The van der Waals surface area contributed by atoms with Gasteiger partial charge >= 0.3 is 0 Å². The quantitative estimate of drug-likeness (QED) is 0.298. The number of aromatic amines is 1. The van der Waals surface area contributed by atoms with Crippen LogP contribution in [0.4, 0.5) is 0 Å². The molecule has 2 aromatic heterocycles. The van der Waals surface area contributed by atoms with E-state index < -0.39 is 0 Å². The van der Waals surface area contributed by atoms with Crippen molar-refractivity contribution in [3.63, 3.8) is 0 Å². The van der Waals surface area contributed by atoms with Gasteiger partial charge in [-0.3, -0.25) is 0 Å². The number of fused-ring (bicyclic) bond motifs is 6. The summed E-state index contributed by atoms with van der Waals surface area (Å²) in [6.07, 6.45) is 0. The molecular weight excluding hydrogens is 388 g/mol. The topological polar surface area (TPSA) is 20.7 Å². The fraction of sp³-hybridized carbons (Fsp3) is 0. The Bertz CT molecular complexity index is 1770. The Kier molecular flexibility index (Phi) is 3.58. The molecule has 0 aliphatic rings. The van der Waals surface area contributed by atoms with E-state index >= 15 is 0 Å². The fourth-order valence-electron chi connectivity index (χ4n) is 5.04. The Labute approximate surface area is 185 Å². The van der Waals surface area contributed by atoms with Crippen molar-refractivity contribution in [1.29, 1.82) is 0 Å². The van der Waals surface area contributed by atoms with Crippen LogP contribution in [0.25, 0.3) is 60.4 Å². The summed E-state index contributed by atoms with van der Waals surface area (Å²) in [5.74, 6) is 0. The monoisotopic (exact) mass is 408 g/mol. The Morgan fingerprint density at radius 1 is 0.438 bits per heavy atom. The minimum atomic E-state index is 1.18. The van der Waals surface area contributed by atoms with Crippen LogP contribution in [0.15, 0.2) is 115 Å². The molecule has 0 bridgehead atoms. The average Bonchev–Trinajstić information content (AvgIpc) is 3.39. The lowest BCUT2D eigenvalue weighted by molar-refractivity contribution is 1.18. The minimum Gasteiger partial charge on any atom is -0.354 e. The zero-order valence-electron chi connectivity index (χ0n) is 17.4. The molecule has 0 radical (unpaired) electrons. The van der Waals surface area contributed by atoms with E-state index in [2.05, 4.69) is 125 Å². The smallest absolute Gasteiger partial charge is 0.0541 e. The summed E-state index contributed by atoms with van der Waals surface area (Å²) in [4.78, 5) is 3.58. The van der Waals surface area contributed by atoms with Gasteiger partial charge in [0.15, 0.2) is 0 Å². The summed E-state index contributed by atoms with van der Waals surface area (Å²) in [6, 6.07) is 41.3. The second-order valence-electron chi connectivity index (χ2n) is 8.35. The number of aromatic nitrogens is 2. The highest BCUT2D eigenvalue weighted by molar-refractivity contribution is 6.11. The number of H-pyrrole nitrogens is 1. The SMILES string of the molecule is c1ccc(-n2c3ccccc3c3cc(-c4ccc5c(c4)[nH]c4ccccc45)ccc32)cc1. The van der Waals surface area contributed by atoms with Crippen molar-refractivity contribution in [2.45, 2.75) is 0 Å². The van der Waals surface area contributed by atoms with Crippen molar-refractivity contribution in [1.82, 2.24) is 9.55 Å². The van der Waals surface area contributed by atoms with Crippen LogP contribution in [0, 0.1) is 0 Å². The molecule has 0 amide bonds. The van der Waals surface area contributed by atoms with Crippen LogP contribution in [0.2, 0.25) is 0 Å². The largest absolute Gasteiger partial charge is 0.354 e. The van der Waals surface area contributed by atoms with Gasteiger partial charge in [0.05, 0.1) is 11.0 Å². The molecule has 0 saturated carbocycles. The molecule has 7 rings (SSSR count). The fourth-order valence-corrected chi connectivity index (χ4v) is 5.04. The highest BCUT2D eigenvalue weighted by Crippen LogP contribution is 2.36. The second kappa shape index (κ2) is 6.60. The number of rotatable bonds is 2. The van der Waals surface area contributed by atoms with Crippen LogP contribution in [0.3, 0.4) is 0 Å². The minimum absolute atomic E-state index is 1.18. The zero-order chi connectivity index (χ0) is 21.1. The van der Waals surface area contributed by atoms with Crippen molar-refractivity contribution in [3.05, 3.63) is 115 Å². The van der Waals surface area contributed by atoms with Gasteiger partial charge in [-0.2, -0.15) is 0 Å². The number of benzene rings is 5. The zero-order valence-corrected chi connectivity index (χ0v) is 17.4. The van der Waals surface area contributed by atoms with Gasteiger partial charge in [0.2, 0.25) is 0 Å². The Balaban J connectivity index is 1.47. The van der Waals surface area contributed by atoms with Gasteiger partial charge in [0, 0.05) is 38.3 Å². The maximum atomic E-state index is 3.58. The summed E-state index contributed by atoms with van der Waals surface area (Å²) < 4.78 is 2.36. The van der Waals surface area contributed by atoms with Gasteiger partial charge in [-0.15, -0.1) is 0 Å². The predicted octanol–water partition coefficient (Wildman–Crippen LogP) is 8.09. The number of hydrogen-bond acceptors (Lipinski definition) is 0. The van der Waals surface area contributed by atoms with E-state index in [9.17, 15) is 0 Å². The van der Waals surface area contributed by atoms with Crippen molar-refractivity contribution in [3.8, 4) is 16.8 Å². The first-order valence-electron chi connectivity index (χ1n) is 11.0. The summed E-state index contributed by atoms with van der Waals surface area (Å²) in [7, 11) is 0. The van der Waals surface area contributed by atoms with E-state index in [1.807, 2.05) is 0 Å². The normalized spacial score (nSPS) is 11.8. The Morgan fingerprint density at radius 3 is 2.00 bits per heavy atom. The lowest BCUT2D eigenvalue weighted by atomic mass is 10.0. The first-order valence-corrected chi connectivity index (χ1v) is 11.0. The van der Waals surface area contributed by atoms with Crippen molar-refractivity contribution in [2.75, 3.05) is 0 Å². The van der Waals surface area contributed by atoms with E-state index in [1.54, 1.807) is 0 Å². The predicted molar refractivity (Wildman–Crippen MR) is 136 cm³/mol. The Morgan fingerprint density at radius 2 is 1.09 bits per heavy atom. The molecule has 0 spiro atoms. The number of nitrogens with zero attached hydrogens (tertiary/aromatic N) is 1. The molecule has 0 aliphatic carbocycles. The van der Waals surface area contributed by atoms with E-state index in [4.69, 9.17) is 0 Å². The molecule has 0 atom stereocenters. The van der Waals surface area contributed by atoms with Crippen LogP contribution in [-0.4, -0.2) is 9.55 Å². The molecule has 150 valence electrons. The molecule has 2 nitrogen and oxygen atoms in total. The molecule has 2 heterocycles. The second-order valence-corrected chi connectivity index (χ2v) is 8.35. The molecule has 0 saturated heterocycles. The van der Waals surface area contributed by atoms with Gasteiger partial charge in [0.25, 0.3) is 0 Å². The van der Waals surface area contributed by atoms with Crippen LogP contribution in [-0.2, 0) is 0 Å². The number of hydrogen-bond donors (Lipinski definition) is 1. The van der Waals surface area contributed by atoms with Crippen LogP contribution < -0.4 is 0 Å². The maximum Gasteiger partial charge on any atom is 0.0541 e. The lowest BCUT2D eigenvalue weighted by Crippen LogP contribution is -1.92. The van der Waals surface area contributed by atoms with E-state index in [1.165, 1.54) is 60.4 Å². The summed E-state index contributed by atoms with van der Waals surface area (Å²) in [6.45, 7) is 0. The standard InChI is InChI=1S/C30H20N2/c1-2-8-22(9-3-1)32-29-13-7-5-11-25(29)26-18-20(15-17-30(26)32)21-14-16-24-23-10-4-6-12-27(23)31-28(24)19-21/h1-19,31H. The third-order valence-electron chi connectivity index (χ3n) is 6.53. The highest BCUT2D eigenvalue weighted by Gasteiger charge is 2.13. The van der Waals surface area contributed by atoms with Crippen molar-refractivity contribution >= 4 is 43.6 Å². The lowest BCUT2D eigenvalue weighted by Gasteiger charge is -2.08. The van der Waals surface area contributed by atoms with Gasteiger partial charge in [0.1, 0.15) is 0 Å². The van der Waals surface area contributed by atoms with E-state index in [0.29, 0.717) is 0 Å². The first-order chi connectivity index (χ1) is 15.9. The average molecular weight is 409 g/mol. The van der Waals surface area contributed by atoms with Gasteiger partial charge in [-0.05, 0) is 53.6 Å². The molecule has 32 heavy (non-hydrogen) atoms. The summed E-state index contributed by atoms with van der Waals surface area (Å²) in [5.41, 5.74) is 8.46. The van der Waals surface area contributed by atoms with Gasteiger partial charge < -0.3 is 9.55 Å². The molecular formula is C30H20N2. The molecule has 0 aliphatic heterocycles. The molecule has 7 aromatic rings. The van der Waals surface area contributed by atoms with Crippen LogP contribution in [0.1, 0.15) is 0 Å². The number of nitrogens with one attached hydrogen (secondary N) is 1. The third-order valence-corrected chi connectivity index (χ3v) is 6.53. The van der Waals surface area contributed by atoms with E-state index in [0.717, 1.165) is 0 Å². The summed E-state index contributed by atoms with van der Waals surface area (Å²) >= 11 is 0. The number of para-hydroxylation sites is 3. The Hall–Kier alpha value is -4.30. The highest BCUT2D eigenvalue weighted by atomic mass is 15.0. The van der Waals surface area contributed by atoms with Crippen molar-refractivity contribution < 1.29 is 0 Å². The molecule has 0 fully saturated rings.